The molecule has 0 aliphatic carbocycles. The van der Waals surface area contributed by atoms with Crippen molar-refractivity contribution in [1.82, 2.24) is 9.88 Å². The third-order valence-corrected chi connectivity index (χ3v) is 3.93. The van der Waals surface area contributed by atoms with Crippen molar-refractivity contribution < 1.29 is 0 Å². The van der Waals surface area contributed by atoms with Crippen molar-refractivity contribution in [3.05, 3.63) is 16.6 Å². The van der Waals surface area contributed by atoms with Crippen LogP contribution in [0.3, 0.4) is 0 Å². The average Bonchev–Trinajstić information content (AvgIpc) is 2.71. The zero-order valence-corrected chi connectivity index (χ0v) is 9.33. The molecule has 0 spiro atoms. The molecule has 2 heterocycles. The van der Waals surface area contributed by atoms with Crippen LogP contribution in [0.15, 0.2) is 11.7 Å². The van der Waals surface area contributed by atoms with Gasteiger partial charge in [0.25, 0.3) is 0 Å². The highest BCUT2D eigenvalue weighted by Crippen LogP contribution is 2.25. The van der Waals surface area contributed by atoms with Gasteiger partial charge in [0.2, 0.25) is 0 Å². The maximum absolute atomic E-state index is 5.88. The highest BCUT2D eigenvalue weighted by molar-refractivity contribution is 7.09. The SMILES string of the molecule is CC(c1cncs1)N1CCC(N)CC1. The molecule has 1 unspecified atom stereocenters. The van der Waals surface area contributed by atoms with Crippen LogP contribution in [0.4, 0.5) is 0 Å². The summed E-state index contributed by atoms with van der Waals surface area (Å²) < 4.78 is 0. The van der Waals surface area contributed by atoms with E-state index in [1.54, 1.807) is 11.3 Å². The number of piperidine rings is 1. The molecule has 2 N–H and O–H groups in total. The first-order chi connectivity index (χ1) is 6.77. The largest absolute Gasteiger partial charge is 0.328 e. The minimum absolute atomic E-state index is 0.417. The molecule has 1 aromatic heterocycles. The minimum atomic E-state index is 0.417. The molecule has 1 aliphatic heterocycles. The van der Waals surface area contributed by atoms with Crippen molar-refractivity contribution in [1.29, 1.82) is 0 Å². The lowest BCUT2D eigenvalue weighted by atomic mass is 10.0. The van der Waals surface area contributed by atoms with Crippen molar-refractivity contribution in [2.75, 3.05) is 13.1 Å². The molecule has 0 saturated carbocycles. The molecular formula is C10H17N3S. The lowest BCUT2D eigenvalue weighted by Crippen LogP contribution is -2.40. The number of hydrogen-bond donors (Lipinski definition) is 1. The Morgan fingerprint density at radius 1 is 1.57 bits per heavy atom. The second-order valence-corrected chi connectivity index (χ2v) is 4.87. The van der Waals surface area contributed by atoms with Crippen LogP contribution in [-0.2, 0) is 0 Å². The zero-order valence-electron chi connectivity index (χ0n) is 8.52. The number of thiazole rings is 1. The van der Waals surface area contributed by atoms with Crippen LogP contribution in [0.5, 0.6) is 0 Å². The Labute approximate surface area is 88.9 Å². The van der Waals surface area contributed by atoms with Crippen molar-refractivity contribution >= 4 is 11.3 Å². The summed E-state index contributed by atoms with van der Waals surface area (Å²) in [6.07, 6.45) is 4.23. The molecule has 1 aromatic rings. The molecule has 2 rings (SSSR count). The van der Waals surface area contributed by atoms with Crippen LogP contribution in [-0.4, -0.2) is 29.0 Å². The van der Waals surface area contributed by atoms with E-state index in [4.69, 9.17) is 5.73 Å². The van der Waals surface area contributed by atoms with Gasteiger partial charge in [-0.3, -0.25) is 9.88 Å². The van der Waals surface area contributed by atoms with Gasteiger partial charge in [0.05, 0.1) is 5.51 Å². The fraction of sp³-hybridized carbons (Fsp3) is 0.700. The highest BCUT2D eigenvalue weighted by atomic mass is 32.1. The summed E-state index contributed by atoms with van der Waals surface area (Å²) in [7, 11) is 0. The quantitative estimate of drug-likeness (QED) is 0.808. The molecule has 78 valence electrons. The van der Waals surface area contributed by atoms with E-state index in [-0.39, 0.29) is 0 Å². The number of likely N-dealkylation sites (tertiary alicyclic amines) is 1. The molecule has 0 radical (unpaired) electrons. The zero-order chi connectivity index (χ0) is 9.97. The second kappa shape index (κ2) is 4.38. The average molecular weight is 211 g/mol. The van der Waals surface area contributed by atoms with Gasteiger partial charge in [-0.1, -0.05) is 0 Å². The van der Waals surface area contributed by atoms with Gasteiger partial charge < -0.3 is 5.73 Å². The Balaban J connectivity index is 1.95. The van der Waals surface area contributed by atoms with Crippen LogP contribution in [0.25, 0.3) is 0 Å². The van der Waals surface area contributed by atoms with E-state index in [9.17, 15) is 0 Å². The number of hydrogen-bond acceptors (Lipinski definition) is 4. The molecule has 1 aliphatic rings. The number of nitrogens with zero attached hydrogens (tertiary/aromatic N) is 2. The molecule has 3 nitrogen and oxygen atoms in total. The van der Waals surface area contributed by atoms with E-state index in [0.29, 0.717) is 12.1 Å². The summed E-state index contributed by atoms with van der Waals surface area (Å²) in [6, 6.07) is 0.926. The van der Waals surface area contributed by atoms with Gasteiger partial charge in [0.15, 0.2) is 0 Å². The predicted octanol–water partition coefficient (Wildman–Crippen LogP) is 1.63. The van der Waals surface area contributed by atoms with E-state index in [0.717, 1.165) is 25.9 Å². The third kappa shape index (κ3) is 2.13. The Morgan fingerprint density at radius 2 is 2.29 bits per heavy atom. The molecule has 1 atom stereocenters. The maximum Gasteiger partial charge on any atom is 0.0794 e. The highest BCUT2D eigenvalue weighted by Gasteiger charge is 2.21. The van der Waals surface area contributed by atoms with Crippen molar-refractivity contribution in [2.24, 2.45) is 5.73 Å². The lowest BCUT2D eigenvalue weighted by Gasteiger charge is -2.34. The molecule has 0 amide bonds. The fourth-order valence-corrected chi connectivity index (χ4v) is 2.63. The Hall–Kier alpha value is -0.450. The van der Waals surface area contributed by atoms with E-state index < -0.39 is 0 Å². The molecule has 1 fully saturated rings. The van der Waals surface area contributed by atoms with Gasteiger partial charge >= 0.3 is 0 Å². The van der Waals surface area contributed by atoms with E-state index >= 15 is 0 Å². The number of aromatic nitrogens is 1. The first kappa shape index (κ1) is 10.1. The third-order valence-electron chi connectivity index (χ3n) is 2.99. The predicted molar refractivity (Wildman–Crippen MR) is 59.3 cm³/mol. The van der Waals surface area contributed by atoms with Gasteiger partial charge in [-0.25, -0.2) is 0 Å². The Kier molecular flexibility index (Phi) is 3.15. The van der Waals surface area contributed by atoms with Crippen LogP contribution in [0.2, 0.25) is 0 Å². The van der Waals surface area contributed by atoms with Crippen LogP contribution >= 0.6 is 11.3 Å². The summed E-state index contributed by atoms with van der Waals surface area (Å²) in [5, 5.41) is 0. The Bertz CT molecular complexity index is 265. The van der Waals surface area contributed by atoms with Crippen molar-refractivity contribution in [2.45, 2.75) is 31.8 Å². The summed E-state index contributed by atoms with van der Waals surface area (Å²) in [6.45, 7) is 4.50. The molecule has 0 aromatic carbocycles. The van der Waals surface area contributed by atoms with E-state index in [1.807, 2.05) is 11.7 Å². The van der Waals surface area contributed by atoms with Crippen LogP contribution < -0.4 is 5.73 Å². The molecule has 14 heavy (non-hydrogen) atoms. The van der Waals surface area contributed by atoms with Crippen molar-refractivity contribution in [3.63, 3.8) is 0 Å². The normalized spacial score (nSPS) is 22.4. The fourth-order valence-electron chi connectivity index (χ4n) is 1.92. The summed E-state index contributed by atoms with van der Waals surface area (Å²) in [5.74, 6) is 0. The second-order valence-electron chi connectivity index (χ2n) is 3.95. The van der Waals surface area contributed by atoms with Gasteiger partial charge in [0.1, 0.15) is 0 Å². The Morgan fingerprint density at radius 3 is 2.86 bits per heavy atom. The summed E-state index contributed by atoms with van der Waals surface area (Å²) >= 11 is 1.74. The first-order valence-electron chi connectivity index (χ1n) is 5.15. The van der Waals surface area contributed by atoms with E-state index in [2.05, 4.69) is 16.8 Å². The monoisotopic (exact) mass is 211 g/mol. The number of nitrogens with two attached hydrogens (primary N) is 1. The topological polar surface area (TPSA) is 42.2 Å². The van der Waals surface area contributed by atoms with Crippen molar-refractivity contribution in [3.8, 4) is 0 Å². The van der Waals surface area contributed by atoms with Gasteiger partial charge in [-0.2, -0.15) is 0 Å². The smallest absolute Gasteiger partial charge is 0.0794 e. The number of rotatable bonds is 2. The summed E-state index contributed by atoms with van der Waals surface area (Å²) in [5.41, 5.74) is 7.78. The molecule has 4 heteroatoms. The van der Waals surface area contributed by atoms with Crippen LogP contribution in [0, 0.1) is 0 Å². The van der Waals surface area contributed by atoms with Gasteiger partial charge in [0, 0.05) is 36.2 Å². The molecular weight excluding hydrogens is 194 g/mol. The van der Waals surface area contributed by atoms with Gasteiger partial charge in [-0.05, 0) is 19.8 Å². The molecule has 1 saturated heterocycles. The standard InChI is InChI=1S/C10H17N3S/c1-8(10-6-12-7-14-10)13-4-2-9(11)3-5-13/h6-9H,2-5,11H2,1H3. The minimum Gasteiger partial charge on any atom is -0.328 e. The lowest BCUT2D eigenvalue weighted by molar-refractivity contribution is 0.165. The van der Waals surface area contributed by atoms with E-state index in [1.165, 1.54) is 4.88 Å². The first-order valence-corrected chi connectivity index (χ1v) is 6.03. The maximum atomic E-state index is 5.88. The van der Waals surface area contributed by atoms with Crippen LogP contribution in [0.1, 0.15) is 30.7 Å². The molecule has 0 bridgehead atoms. The van der Waals surface area contributed by atoms with Gasteiger partial charge in [-0.15, -0.1) is 11.3 Å². The summed E-state index contributed by atoms with van der Waals surface area (Å²) in [4.78, 5) is 7.98.